The van der Waals surface area contributed by atoms with Crippen molar-refractivity contribution < 1.29 is 38.0 Å². The summed E-state index contributed by atoms with van der Waals surface area (Å²) in [6.07, 6.45) is 0. The lowest BCUT2D eigenvalue weighted by Crippen LogP contribution is -2.59. The number of carbonyl (C=O) groups is 2. The second-order valence-corrected chi connectivity index (χ2v) is 10.5. The molecule has 0 atom stereocenters. The standard InChI is InChI=1S/C20H25I3N2O8/c1-3-28-19-30-6-10(7-31-19)25(11-8-32-20(29-4-2)33-9-11)18(27)15-13(22)5-12(21)14(16(15)23)17(24)26/h5,10-11,19-20H,3-4,6-9H2,1-2H3,(H2,24,26). The van der Waals surface area contributed by atoms with Crippen LogP contribution in [0.4, 0.5) is 0 Å². The summed E-state index contributed by atoms with van der Waals surface area (Å²) in [6.45, 7) is 3.86. The highest BCUT2D eigenvalue weighted by atomic mass is 127. The molecule has 0 unspecified atom stereocenters. The Kier molecular flexibility index (Phi) is 10.8. The highest BCUT2D eigenvalue weighted by Gasteiger charge is 2.40. The molecule has 10 nitrogen and oxygen atoms in total. The molecule has 2 fully saturated rings. The summed E-state index contributed by atoms with van der Waals surface area (Å²) in [5, 5.41) is 0. The van der Waals surface area contributed by atoms with E-state index in [1.807, 2.05) is 59.0 Å². The van der Waals surface area contributed by atoms with E-state index in [0.29, 0.717) is 35.1 Å². The Labute approximate surface area is 232 Å². The van der Waals surface area contributed by atoms with Crippen molar-refractivity contribution in [3.05, 3.63) is 27.9 Å². The summed E-state index contributed by atoms with van der Waals surface area (Å²) < 4.78 is 35.3. The number of nitrogens with zero attached hydrogens (tertiary/aromatic N) is 1. The van der Waals surface area contributed by atoms with Crippen LogP contribution in [0, 0.1) is 10.7 Å². The van der Waals surface area contributed by atoms with E-state index < -0.39 is 30.9 Å². The van der Waals surface area contributed by atoms with Gasteiger partial charge in [0.15, 0.2) is 0 Å². The van der Waals surface area contributed by atoms with Gasteiger partial charge in [-0.3, -0.25) is 9.59 Å². The molecule has 2 N–H and O–H groups in total. The minimum absolute atomic E-state index is 0.210. The molecule has 2 aliphatic rings. The highest BCUT2D eigenvalue weighted by Crippen LogP contribution is 2.31. The fourth-order valence-electron chi connectivity index (χ4n) is 3.51. The average Bonchev–Trinajstić information content (AvgIpc) is 2.76. The fraction of sp³-hybridized carbons (Fsp3) is 0.600. The van der Waals surface area contributed by atoms with Gasteiger partial charge in [0, 0.05) is 23.9 Å². The van der Waals surface area contributed by atoms with Gasteiger partial charge in [0.25, 0.3) is 24.8 Å². The molecule has 0 saturated carbocycles. The number of hydrogen-bond acceptors (Lipinski definition) is 8. The van der Waals surface area contributed by atoms with Crippen LogP contribution in [0.3, 0.4) is 0 Å². The van der Waals surface area contributed by atoms with Crippen LogP contribution in [0.2, 0.25) is 0 Å². The smallest absolute Gasteiger partial charge is 0.271 e. The van der Waals surface area contributed by atoms with E-state index in [0.717, 1.165) is 0 Å². The van der Waals surface area contributed by atoms with Gasteiger partial charge in [-0.1, -0.05) is 0 Å². The molecule has 1 aromatic rings. The molecule has 2 saturated heterocycles. The highest BCUT2D eigenvalue weighted by molar-refractivity contribution is 14.1. The zero-order valence-electron chi connectivity index (χ0n) is 18.1. The molecule has 0 spiro atoms. The number of primary amides is 1. The molecular formula is C20H25I3N2O8. The number of halogens is 3. The van der Waals surface area contributed by atoms with E-state index in [9.17, 15) is 9.59 Å². The van der Waals surface area contributed by atoms with Crippen LogP contribution in [0.5, 0.6) is 0 Å². The normalized spacial score (nSPS) is 25.6. The molecule has 0 aliphatic carbocycles. The number of amides is 2. The molecular weight excluding hydrogens is 777 g/mol. The minimum Gasteiger partial charge on any atom is -0.366 e. The summed E-state index contributed by atoms with van der Waals surface area (Å²) in [5.41, 5.74) is 6.31. The van der Waals surface area contributed by atoms with E-state index in [2.05, 4.69) is 22.6 Å². The lowest BCUT2D eigenvalue weighted by atomic mass is 10.1. The number of benzene rings is 1. The zero-order valence-corrected chi connectivity index (χ0v) is 24.5. The molecule has 3 rings (SSSR count). The molecule has 2 heterocycles. The molecule has 1 aromatic carbocycles. The van der Waals surface area contributed by atoms with Crippen LogP contribution < -0.4 is 5.73 Å². The number of ether oxygens (including phenoxy) is 6. The molecule has 33 heavy (non-hydrogen) atoms. The van der Waals surface area contributed by atoms with Crippen LogP contribution in [0.1, 0.15) is 34.6 Å². The third-order valence-corrected chi connectivity index (χ3v) is 7.74. The van der Waals surface area contributed by atoms with Crippen molar-refractivity contribution in [1.82, 2.24) is 4.90 Å². The third-order valence-electron chi connectivity index (χ3n) is 4.96. The van der Waals surface area contributed by atoms with Crippen molar-refractivity contribution in [1.29, 1.82) is 0 Å². The fourth-order valence-corrected chi connectivity index (χ4v) is 7.87. The van der Waals surface area contributed by atoms with Crippen LogP contribution in [0.15, 0.2) is 6.07 Å². The maximum absolute atomic E-state index is 14.0. The second kappa shape index (κ2) is 12.9. The van der Waals surface area contributed by atoms with Crippen molar-refractivity contribution in [2.24, 2.45) is 5.73 Å². The minimum atomic E-state index is -0.774. The summed E-state index contributed by atoms with van der Waals surface area (Å²) in [5.74, 6) is -0.879. The second-order valence-electron chi connectivity index (χ2n) is 7.11. The molecule has 0 radical (unpaired) electrons. The first-order valence-corrected chi connectivity index (χ1v) is 13.5. The number of hydrogen-bond donors (Lipinski definition) is 1. The van der Waals surface area contributed by atoms with Crippen molar-refractivity contribution in [2.45, 2.75) is 38.9 Å². The SMILES string of the molecule is CCOC1OCC(N(C(=O)c2c(I)cc(I)c(C(N)=O)c2I)C2COC(OCC)OC2)CO1. The topological polar surface area (TPSA) is 119 Å². The Bertz CT molecular complexity index is 832. The molecule has 0 bridgehead atoms. The first-order valence-electron chi connectivity index (χ1n) is 10.3. The average molecular weight is 802 g/mol. The molecule has 13 heteroatoms. The Balaban J connectivity index is 1.92. The maximum atomic E-state index is 14.0. The van der Waals surface area contributed by atoms with E-state index in [-0.39, 0.29) is 32.3 Å². The first-order chi connectivity index (χ1) is 15.8. The molecule has 2 amide bonds. The van der Waals surface area contributed by atoms with E-state index >= 15 is 0 Å². The summed E-state index contributed by atoms with van der Waals surface area (Å²) in [7, 11) is 0. The van der Waals surface area contributed by atoms with Gasteiger partial charge in [-0.25, -0.2) is 0 Å². The van der Waals surface area contributed by atoms with E-state index in [1.165, 1.54) is 0 Å². The largest absolute Gasteiger partial charge is 0.366 e. The number of rotatable bonds is 8. The van der Waals surface area contributed by atoms with Crippen molar-refractivity contribution in [3.8, 4) is 0 Å². The number of carbonyl (C=O) groups excluding carboxylic acids is 2. The Morgan fingerprint density at radius 3 is 1.73 bits per heavy atom. The van der Waals surface area contributed by atoms with Crippen LogP contribution in [-0.2, 0) is 28.4 Å². The molecule has 0 aromatic heterocycles. The Morgan fingerprint density at radius 1 is 0.909 bits per heavy atom. The Hall–Kier alpha value is 0.110. The van der Waals surface area contributed by atoms with Gasteiger partial charge in [-0.15, -0.1) is 0 Å². The zero-order chi connectivity index (χ0) is 24.1. The van der Waals surface area contributed by atoms with Crippen molar-refractivity contribution in [2.75, 3.05) is 39.6 Å². The van der Waals surface area contributed by atoms with Gasteiger partial charge in [0.2, 0.25) is 0 Å². The van der Waals surface area contributed by atoms with Gasteiger partial charge >= 0.3 is 0 Å². The van der Waals surface area contributed by atoms with E-state index in [1.54, 1.807) is 11.0 Å². The van der Waals surface area contributed by atoms with Gasteiger partial charge in [-0.05, 0) is 87.7 Å². The first kappa shape index (κ1) is 27.7. The summed E-state index contributed by atoms with van der Waals surface area (Å²) in [6, 6.07) is 0.933. The monoisotopic (exact) mass is 802 g/mol. The van der Waals surface area contributed by atoms with E-state index in [4.69, 9.17) is 34.2 Å². The predicted molar refractivity (Wildman–Crippen MR) is 141 cm³/mol. The lowest BCUT2D eigenvalue weighted by molar-refractivity contribution is -0.333. The third kappa shape index (κ3) is 6.66. The molecule has 2 aliphatic heterocycles. The van der Waals surface area contributed by atoms with Crippen LogP contribution in [0.25, 0.3) is 0 Å². The van der Waals surface area contributed by atoms with Crippen LogP contribution >= 0.6 is 67.8 Å². The summed E-state index contributed by atoms with van der Waals surface area (Å²) >= 11 is 6.15. The molecule has 184 valence electrons. The summed E-state index contributed by atoms with van der Waals surface area (Å²) in [4.78, 5) is 27.7. The van der Waals surface area contributed by atoms with Crippen molar-refractivity contribution >= 4 is 79.6 Å². The number of nitrogens with two attached hydrogens (primary N) is 1. The van der Waals surface area contributed by atoms with Gasteiger partial charge in [0.05, 0.1) is 49.6 Å². The quantitative estimate of drug-likeness (QED) is 0.399. The maximum Gasteiger partial charge on any atom is 0.271 e. The van der Waals surface area contributed by atoms with Crippen molar-refractivity contribution in [3.63, 3.8) is 0 Å². The van der Waals surface area contributed by atoms with Crippen LogP contribution in [-0.4, -0.2) is 81.4 Å². The van der Waals surface area contributed by atoms with Gasteiger partial charge < -0.3 is 39.1 Å². The lowest BCUT2D eigenvalue weighted by Gasteiger charge is -2.43. The Morgan fingerprint density at radius 2 is 1.33 bits per heavy atom. The predicted octanol–water partition coefficient (Wildman–Crippen LogP) is 2.51. The van der Waals surface area contributed by atoms with Gasteiger partial charge in [0.1, 0.15) is 0 Å². The van der Waals surface area contributed by atoms with Gasteiger partial charge in [-0.2, -0.15) is 0 Å².